The monoisotopic (exact) mass is 99.1 g/mol. The van der Waals surface area contributed by atoms with Gasteiger partial charge in [-0.2, -0.15) is 0 Å². The molecule has 0 fully saturated rings. The summed E-state index contributed by atoms with van der Waals surface area (Å²) in [5.74, 6) is 0.932. The molecule has 0 spiro atoms. The molecule has 0 aromatic carbocycles. The Labute approximate surface area is 42.8 Å². The second-order valence-corrected chi connectivity index (χ2v) is 1.50. The first kappa shape index (κ1) is 4.43. The fourth-order valence-electron chi connectivity index (χ4n) is 0.350. The molecule has 0 bridgehead atoms. The van der Waals surface area contributed by atoms with Gasteiger partial charge in [0.05, 0.1) is 0 Å². The lowest BCUT2D eigenvalue weighted by molar-refractivity contribution is 0.844. The van der Waals surface area contributed by atoms with Gasteiger partial charge in [-0.05, 0) is 6.42 Å². The van der Waals surface area contributed by atoms with Crippen LogP contribution in [0.4, 0.5) is 0 Å². The highest BCUT2D eigenvalue weighted by atomic mass is 15.5. The highest BCUT2D eigenvalue weighted by Gasteiger charge is 2.04. The van der Waals surface area contributed by atoms with Crippen molar-refractivity contribution in [3.63, 3.8) is 0 Å². The summed E-state index contributed by atoms with van der Waals surface area (Å²) in [6.07, 6.45) is 1.15. The van der Waals surface area contributed by atoms with Gasteiger partial charge < -0.3 is 5.32 Å². The lowest BCUT2D eigenvalue weighted by Crippen LogP contribution is -2.19. The number of rotatable bonds is 2. The molecule has 40 valence electrons. The molecule has 1 heterocycles. The standard InChI is InChI=1S/C4H9N3/c1-2-3-5-4-6-7-4/h2-3H2,1H3,(H2,5,6,7). The Bertz CT molecular complexity index is 86.9. The zero-order valence-electron chi connectivity index (χ0n) is 4.36. The number of nitrogens with zero attached hydrogens (tertiary/aromatic N) is 1. The van der Waals surface area contributed by atoms with Gasteiger partial charge in [-0.15, -0.1) is 5.10 Å². The van der Waals surface area contributed by atoms with Crippen molar-refractivity contribution in [2.24, 2.45) is 5.10 Å². The van der Waals surface area contributed by atoms with Crippen molar-refractivity contribution in [1.29, 1.82) is 0 Å². The minimum Gasteiger partial charge on any atom is -0.353 e. The van der Waals surface area contributed by atoms with Crippen molar-refractivity contribution in [3.05, 3.63) is 0 Å². The third-order valence-corrected chi connectivity index (χ3v) is 0.766. The molecule has 7 heavy (non-hydrogen) atoms. The van der Waals surface area contributed by atoms with E-state index in [9.17, 15) is 0 Å². The van der Waals surface area contributed by atoms with Crippen LogP contribution < -0.4 is 10.7 Å². The van der Waals surface area contributed by atoms with Gasteiger partial charge in [0.1, 0.15) is 0 Å². The summed E-state index contributed by atoms with van der Waals surface area (Å²) in [4.78, 5) is 0. The first-order chi connectivity index (χ1) is 3.43. The molecule has 0 radical (unpaired) electrons. The van der Waals surface area contributed by atoms with E-state index in [1.165, 1.54) is 0 Å². The quantitative estimate of drug-likeness (QED) is 0.506. The third-order valence-electron chi connectivity index (χ3n) is 0.766. The maximum Gasteiger partial charge on any atom is 0.234 e. The summed E-state index contributed by atoms with van der Waals surface area (Å²) in [5.41, 5.74) is 2.70. The molecule has 3 nitrogen and oxygen atoms in total. The van der Waals surface area contributed by atoms with Crippen LogP contribution in [0, 0.1) is 0 Å². The lowest BCUT2D eigenvalue weighted by atomic mass is 10.5. The molecule has 0 aliphatic carbocycles. The predicted molar refractivity (Wildman–Crippen MR) is 28.9 cm³/mol. The zero-order valence-corrected chi connectivity index (χ0v) is 4.36. The number of nitrogens with one attached hydrogen (secondary N) is 2. The maximum atomic E-state index is 3.70. The maximum absolute atomic E-state index is 3.70. The highest BCUT2D eigenvalue weighted by molar-refractivity contribution is 5.88. The normalized spacial score (nSPS) is 14.7. The summed E-state index contributed by atoms with van der Waals surface area (Å²) in [6.45, 7) is 3.14. The highest BCUT2D eigenvalue weighted by Crippen LogP contribution is 1.79. The van der Waals surface area contributed by atoms with Crippen molar-refractivity contribution in [2.45, 2.75) is 13.3 Å². The number of guanidine groups is 1. The molecule has 0 aromatic rings. The zero-order chi connectivity index (χ0) is 5.11. The smallest absolute Gasteiger partial charge is 0.234 e. The first-order valence-electron chi connectivity index (χ1n) is 2.51. The van der Waals surface area contributed by atoms with Crippen molar-refractivity contribution in [3.8, 4) is 0 Å². The molecular weight excluding hydrogens is 90.1 g/mol. The fraction of sp³-hybridized carbons (Fsp3) is 0.750. The van der Waals surface area contributed by atoms with Crippen LogP contribution in [0.25, 0.3) is 0 Å². The molecule has 1 aliphatic rings. The van der Waals surface area contributed by atoms with Crippen molar-refractivity contribution in [1.82, 2.24) is 10.7 Å². The number of hydrogen-bond donors (Lipinski definition) is 2. The molecule has 0 amide bonds. The van der Waals surface area contributed by atoms with E-state index in [2.05, 4.69) is 22.8 Å². The molecule has 2 N–H and O–H groups in total. The Hall–Kier alpha value is -0.730. The predicted octanol–water partition coefficient (Wildman–Crippen LogP) is -0.140. The largest absolute Gasteiger partial charge is 0.353 e. The van der Waals surface area contributed by atoms with E-state index in [1.807, 2.05) is 0 Å². The van der Waals surface area contributed by atoms with E-state index in [1.54, 1.807) is 0 Å². The molecule has 0 saturated heterocycles. The van der Waals surface area contributed by atoms with Gasteiger partial charge >= 0.3 is 0 Å². The number of hydrazone groups is 1. The summed E-state index contributed by atoms with van der Waals surface area (Å²) in [7, 11) is 0. The molecule has 0 saturated carbocycles. The Kier molecular flexibility index (Phi) is 1.15. The van der Waals surface area contributed by atoms with E-state index in [4.69, 9.17) is 0 Å². The van der Waals surface area contributed by atoms with E-state index in [-0.39, 0.29) is 0 Å². The first-order valence-corrected chi connectivity index (χ1v) is 2.51. The van der Waals surface area contributed by atoms with Gasteiger partial charge in [0.25, 0.3) is 0 Å². The minimum absolute atomic E-state index is 0.932. The van der Waals surface area contributed by atoms with Crippen LogP contribution in [0.15, 0.2) is 5.10 Å². The van der Waals surface area contributed by atoms with Crippen molar-refractivity contribution < 1.29 is 0 Å². The van der Waals surface area contributed by atoms with Crippen LogP contribution >= 0.6 is 0 Å². The molecule has 0 unspecified atom stereocenters. The summed E-state index contributed by atoms with van der Waals surface area (Å²) in [6, 6.07) is 0. The van der Waals surface area contributed by atoms with Crippen molar-refractivity contribution in [2.75, 3.05) is 6.54 Å². The van der Waals surface area contributed by atoms with Gasteiger partial charge in [0.2, 0.25) is 5.96 Å². The van der Waals surface area contributed by atoms with E-state index < -0.39 is 0 Å². The third kappa shape index (κ3) is 1.43. The second-order valence-electron chi connectivity index (χ2n) is 1.50. The Morgan fingerprint density at radius 2 is 2.57 bits per heavy atom. The Balaban J connectivity index is 1.89. The lowest BCUT2D eigenvalue weighted by Gasteiger charge is -1.89. The molecule has 1 rings (SSSR count). The van der Waals surface area contributed by atoms with Crippen LogP contribution in [-0.4, -0.2) is 12.5 Å². The van der Waals surface area contributed by atoms with Crippen LogP contribution in [0.2, 0.25) is 0 Å². The van der Waals surface area contributed by atoms with Gasteiger partial charge in [-0.1, -0.05) is 6.92 Å². The molecule has 0 atom stereocenters. The minimum atomic E-state index is 0.932. The fourth-order valence-corrected chi connectivity index (χ4v) is 0.350. The molecule has 0 aromatic heterocycles. The van der Waals surface area contributed by atoms with Crippen LogP contribution in [0.5, 0.6) is 0 Å². The second kappa shape index (κ2) is 1.82. The van der Waals surface area contributed by atoms with Crippen LogP contribution in [0.3, 0.4) is 0 Å². The van der Waals surface area contributed by atoms with E-state index >= 15 is 0 Å². The molecule has 1 aliphatic heterocycles. The Morgan fingerprint density at radius 1 is 1.86 bits per heavy atom. The number of hydrogen-bond acceptors (Lipinski definition) is 3. The van der Waals surface area contributed by atoms with Gasteiger partial charge in [0, 0.05) is 6.54 Å². The van der Waals surface area contributed by atoms with Crippen LogP contribution in [0.1, 0.15) is 13.3 Å². The molecular formula is C4H9N3. The average molecular weight is 99.1 g/mol. The van der Waals surface area contributed by atoms with E-state index in [0.717, 1.165) is 18.9 Å². The van der Waals surface area contributed by atoms with Crippen molar-refractivity contribution >= 4 is 5.96 Å². The van der Waals surface area contributed by atoms with E-state index in [0.29, 0.717) is 0 Å². The van der Waals surface area contributed by atoms with Gasteiger partial charge in [0.15, 0.2) is 0 Å². The topological polar surface area (TPSA) is 46.3 Å². The van der Waals surface area contributed by atoms with Crippen LogP contribution in [-0.2, 0) is 0 Å². The van der Waals surface area contributed by atoms with Gasteiger partial charge in [-0.25, -0.2) is 5.43 Å². The van der Waals surface area contributed by atoms with Gasteiger partial charge in [-0.3, -0.25) is 0 Å². The summed E-state index contributed by atoms with van der Waals surface area (Å²) in [5, 5.41) is 6.74. The summed E-state index contributed by atoms with van der Waals surface area (Å²) >= 11 is 0. The Morgan fingerprint density at radius 3 is 3.00 bits per heavy atom. The SMILES string of the molecule is CCCNC1=NN1. The average Bonchev–Trinajstić information content (AvgIpc) is 2.42. The molecule has 3 heteroatoms. The summed E-state index contributed by atoms with van der Waals surface area (Å²) < 4.78 is 0.